The lowest BCUT2D eigenvalue weighted by molar-refractivity contribution is 0.160. The van der Waals surface area contributed by atoms with Crippen LogP contribution < -0.4 is 10.1 Å². The molecule has 1 saturated heterocycles. The van der Waals surface area contributed by atoms with Gasteiger partial charge < -0.3 is 15.0 Å². The molecule has 0 radical (unpaired) electrons. The molecule has 1 aliphatic heterocycles. The number of aromatic nitrogens is 4. The van der Waals surface area contributed by atoms with Crippen LogP contribution in [0.3, 0.4) is 0 Å². The fourth-order valence-electron chi connectivity index (χ4n) is 4.10. The lowest BCUT2D eigenvalue weighted by Gasteiger charge is -2.28. The van der Waals surface area contributed by atoms with E-state index in [2.05, 4.69) is 58.4 Å². The number of nitrogens with one attached hydrogen (secondary N) is 1. The summed E-state index contributed by atoms with van der Waals surface area (Å²) in [5, 5.41) is 7.98. The largest absolute Gasteiger partial charge is 0.493 e. The zero-order valence-electron chi connectivity index (χ0n) is 19.7. The molecular formula is C27H30N6O. The van der Waals surface area contributed by atoms with Gasteiger partial charge in [-0.2, -0.15) is 10.1 Å². The van der Waals surface area contributed by atoms with Crippen molar-refractivity contribution >= 4 is 11.6 Å². The molecular weight excluding hydrogens is 424 g/mol. The van der Waals surface area contributed by atoms with E-state index in [1.165, 1.54) is 18.4 Å². The number of nitrogens with zero attached hydrogens (tertiary/aromatic N) is 5. The number of benzene rings is 2. The first kappa shape index (κ1) is 22.1. The Labute approximate surface area is 200 Å². The third-order valence-corrected chi connectivity index (χ3v) is 6.23. The summed E-state index contributed by atoms with van der Waals surface area (Å²) in [4.78, 5) is 11.4. The SMILES string of the molecule is Cc1ccc(-c2ccn(-c3ccnc(Nc4cccc(OCC5CCN(C)CC5)c4)n3)n2)cc1. The van der Waals surface area contributed by atoms with Crippen molar-refractivity contribution in [1.82, 2.24) is 24.6 Å². The molecule has 1 N–H and O–H groups in total. The number of hydrogen-bond donors (Lipinski definition) is 1. The van der Waals surface area contributed by atoms with Crippen LogP contribution in [-0.4, -0.2) is 51.4 Å². The first-order chi connectivity index (χ1) is 16.6. The molecule has 0 spiro atoms. The first-order valence-corrected chi connectivity index (χ1v) is 11.8. The van der Waals surface area contributed by atoms with Crippen molar-refractivity contribution in [3.63, 3.8) is 0 Å². The van der Waals surface area contributed by atoms with Crippen molar-refractivity contribution < 1.29 is 4.74 Å². The van der Waals surface area contributed by atoms with E-state index in [1.807, 2.05) is 42.6 Å². The normalized spacial score (nSPS) is 14.8. The van der Waals surface area contributed by atoms with Gasteiger partial charge in [-0.05, 0) is 64.0 Å². The summed E-state index contributed by atoms with van der Waals surface area (Å²) in [6.45, 7) is 5.12. The van der Waals surface area contributed by atoms with Crippen LogP contribution in [0.2, 0.25) is 0 Å². The third kappa shape index (κ3) is 5.43. The maximum absolute atomic E-state index is 6.09. The molecule has 5 rings (SSSR count). The van der Waals surface area contributed by atoms with E-state index < -0.39 is 0 Å². The Morgan fingerprint density at radius 2 is 1.85 bits per heavy atom. The van der Waals surface area contributed by atoms with E-state index in [9.17, 15) is 0 Å². The molecule has 2 aromatic carbocycles. The molecule has 34 heavy (non-hydrogen) atoms. The van der Waals surface area contributed by atoms with Gasteiger partial charge in [0.15, 0.2) is 5.82 Å². The average molecular weight is 455 g/mol. The zero-order chi connectivity index (χ0) is 23.3. The number of piperidine rings is 1. The molecule has 1 fully saturated rings. The smallest absolute Gasteiger partial charge is 0.229 e. The second-order valence-corrected chi connectivity index (χ2v) is 8.96. The van der Waals surface area contributed by atoms with Crippen molar-refractivity contribution in [2.45, 2.75) is 19.8 Å². The van der Waals surface area contributed by atoms with Gasteiger partial charge in [0.25, 0.3) is 0 Å². The van der Waals surface area contributed by atoms with Gasteiger partial charge in [0.2, 0.25) is 5.95 Å². The van der Waals surface area contributed by atoms with E-state index in [-0.39, 0.29) is 0 Å². The second kappa shape index (κ2) is 10.1. The summed E-state index contributed by atoms with van der Waals surface area (Å²) < 4.78 is 7.86. The lowest BCUT2D eigenvalue weighted by Crippen LogP contribution is -2.32. The van der Waals surface area contributed by atoms with Gasteiger partial charge in [0, 0.05) is 35.8 Å². The zero-order valence-corrected chi connectivity index (χ0v) is 19.7. The van der Waals surface area contributed by atoms with Crippen molar-refractivity contribution in [2.24, 2.45) is 5.92 Å². The van der Waals surface area contributed by atoms with Crippen LogP contribution in [0.5, 0.6) is 5.75 Å². The quantitative estimate of drug-likeness (QED) is 0.419. The Morgan fingerprint density at radius 3 is 2.68 bits per heavy atom. The van der Waals surface area contributed by atoms with E-state index in [1.54, 1.807) is 10.9 Å². The number of rotatable bonds is 7. The predicted molar refractivity (Wildman–Crippen MR) is 135 cm³/mol. The second-order valence-electron chi connectivity index (χ2n) is 8.96. The Hall–Kier alpha value is -3.71. The van der Waals surface area contributed by atoms with Gasteiger partial charge in [0.05, 0.1) is 12.3 Å². The van der Waals surface area contributed by atoms with Crippen LogP contribution in [0.1, 0.15) is 18.4 Å². The molecule has 0 saturated carbocycles. The lowest BCUT2D eigenvalue weighted by atomic mass is 9.98. The monoisotopic (exact) mass is 454 g/mol. The van der Waals surface area contributed by atoms with Gasteiger partial charge in [-0.15, -0.1) is 0 Å². The Balaban J connectivity index is 1.25. The third-order valence-electron chi connectivity index (χ3n) is 6.23. The summed E-state index contributed by atoms with van der Waals surface area (Å²) >= 11 is 0. The number of aryl methyl sites for hydroxylation is 1. The fraction of sp³-hybridized carbons (Fsp3) is 0.296. The molecule has 0 atom stereocenters. The Morgan fingerprint density at radius 1 is 1.03 bits per heavy atom. The minimum Gasteiger partial charge on any atom is -0.493 e. The predicted octanol–water partition coefficient (Wildman–Crippen LogP) is 5.10. The van der Waals surface area contributed by atoms with Crippen LogP contribution in [-0.2, 0) is 0 Å². The molecule has 174 valence electrons. The summed E-state index contributed by atoms with van der Waals surface area (Å²) in [7, 11) is 2.18. The van der Waals surface area contributed by atoms with Gasteiger partial charge in [-0.1, -0.05) is 35.9 Å². The van der Waals surface area contributed by atoms with Crippen molar-refractivity contribution in [3.8, 4) is 22.8 Å². The molecule has 7 heteroatoms. The highest BCUT2D eigenvalue weighted by Gasteiger charge is 2.17. The minimum absolute atomic E-state index is 0.511. The minimum atomic E-state index is 0.511. The number of likely N-dealkylation sites (tertiary alicyclic amines) is 1. The standard InChI is InChI=1S/C27H30N6O/c1-20-6-8-22(9-7-20)25-13-17-33(31-25)26-10-14-28-27(30-26)29-23-4-3-5-24(18-23)34-19-21-11-15-32(2)16-12-21/h3-10,13-14,17-18,21H,11-12,15-16,19H2,1-2H3,(H,28,29,30). The summed E-state index contributed by atoms with van der Waals surface area (Å²) in [5.41, 5.74) is 4.10. The van der Waals surface area contributed by atoms with Gasteiger partial charge in [-0.3, -0.25) is 0 Å². The van der Waals surface area contributed by atoms with E-state index >= 15 is 0 Å². The van der Waals surface area contributed by atoms with Gasteiger partial charge in [0.1, 0.15) is 5.75 Å². The summed E-state index contributed by atoms with van der Waals surface area (Å²) in [5.74, 6) is 2.68. The highest BCUT2D eigenvalue weighted by molar-refractivity contribution is 5.59. The number of ether oxygens (including phenoxy) is 1. The van der Waals surface area contributed by atoms with Crippen LogP contribution in [0.25, 0.3) is 17.1 Å². The van der Waals surface area contributed by atoms with E-state index in [0.29, 0.717) is 17.7 Å². The van der Waals surface area contributed by atoms with Gasteiger partial charge >= 0.3 is 0 Å². The Bertz CT molecular complexity index is 1230. The van der Waals surface area contributed by atoms with Crippen LogP contribution in [0.15, 0.2) is 73.1 Å². The van der Waals surface area contributed by atoms with E-state index in [4.69, 9.17) is 9.84 Å². The maximum atomic E-state index is 6.09. The number of hydrogen-bond acceptors (Lipinski definition) is 6. The highest BCUT2D eigenvalue weighted by Crippen LogP contribution is 2.23. The van der Waals surface area contributed by atoms with Crippen molar-refractivity contribution in [3.05, 3.63) is 78.6 Å². The fourth-order valence-corrected chi connectivity index (χ4v) is 4.10. The molecule has 0 bridgehead atoms. The van der Waals surface area contributed by atoms with Crippen LogP contribution in [0, 0.1) is 12.8 Å². The molecule has 2 aromatic heterocycles. The highest BCUT2D eigenvalue weighted by atomic mass is 16.5. The maximum Gasteiger partial charge on any atom is 0.229 e. The summed E-state index contributed by atoms with van der Waals surface area (Å²) in [6.07, 6.45) is 6.03. The Kier molecular flexibility index (Phi) is 6.53. The average Bonchev–Trinajstić information content (AvgIpc) is 3.35. The molecule has 3 heterocycles. The molecule has 4 aromatic rings. The van der Waals surface area contributed by atoms with Crippen molar-refractivity contribution in [1.29, 1.82) is 0 Å². The van der Waals surface area contributed by atoms with Crippen molar-refractivity contribution in [2.75, 3.05) is 32.1 Å². The van der Waals surface area contributed by atoms with Crippen LogP contribution >= 0.6 is 0 Å². The van der Waals surface area contributed by atoms with Gasteiger partial charge in [-0.25, -0.2) is 9.67 Å². The molecule has 1 aliphatic rings. The molecule has 0 amide bonds. The molecule has 7 nitrogen and oxygen atoms in total. The number of anilines is 2. The molecule has 0 aliphatic carbocycles. The topological polar surface area (TPSA) is 68.1 Å². The molecule has 0 unspecified atom stereocenters. The first-order valence-electron chi connectivity index (χ1n) is 11.8. The van der Waals surface area contributed by atoms with E-state index in [0.717, 1.165) is 42.4 Å². The summed E-state index contributed by atoms with van der Waals surface area (Å²) in [6, 6.07) is 20.1. The van der Waals surface area contributed by atoms with Crippen LogP contribution in [0.4, 0.5) is 11.6 Å².